The number of benzene rings is 2. The summed E-state index contributed by atoms with van der Waals surface area (Å²) in [5.41, 5.74) is 2.42. The molecule has 7 nitrogen and oxygen atoms in total. The number of ether oxygens (including phenoxy) is 1. The topological polar surface area (TPSA) is 84.0 Å². The summed E-state index contributed by atoms with van der Waals surface area (Å²) in [5, 5.41) is 0. The third kappa shape index (κ3) is 4.20. The molecule has 0 atom stereocenters. The standard InChI is InChI=1S/C20H18N2O5/c1-21-11-18(24)22(20(21)26)12-19(25)27-13-17(23)16-9-7-15(8-10-16)14-5-3-2-4-6-14/h2-10H,11-13H2,1H3. The summed E-state index contributed by atoms with van der Waals surface area (Å²) >= 11 is 0. The predicted octanol–water partition coefficient (Wildman–Crippen LogP) is 1.97. The highest BCUT2D eigenvalue weighted by Gasteiger charge is 2.35. The first kappa shape index (κ1) is 18.3. The number of rotatable bonds is 6. The molecule has 2 aromatic rings. The Hall–Kier alpha value is -3.48. The molecule has 1 aliphatic rings. The second-order valence-corrected chi connectivity index (χ2v) is 6.15. The van der Waals surface area contributed by atoms with Gasteiger partial charge in [0.1, 0.15) is 13.1 Å². The van der Waals surface area contributed by atoms with E-state index in [9.17, 15) is 19.2 Å². The highest BCUT2D eigenvalue weighted by atomic mass is 16.5. The molecule has 7 heteroatoms. The molecule has 1 fully saturated rings. The van der Waals surface area contributed by atoms with Crippen LogP contribution in [0.3, 0.4) is 0 Å². The molecule has 0 spiro atoms. The quantitative estimate of drug-likeness (QED) is 0.443. The number of likely N-dealkylation sites (N-methyl/N-ethyl adjacent to an activating group) is 1. The second-order valence-electron chi connectivity index (χ2n) is 6.15. The molecule has 1 saturated heterocycles. The van der Waals surface area contributed by atoms with Gasteiger partial charge in [-0.15, -0.1) is 0 Å². The number of carbonyl (C=O) groups is 4. The minimum Gasteiger partial charge on any atom is -0.456 e. The SMILES string of the molecule is CN1CC(=O)N(CC(=O)OCC(=O)c2ccc(-c3ccccc3)cc2)C1=O. The van der Waals surface area contributed by atoms with E-state index < -0.39 is 31.1 Å². The smallest absolute Gasteiger partial charge is 0.327 e. The van der Waals surface area contributed by atoms with Crippen molar-refractivity contribution in [3.8, 4) is 11.1 Å². The van der Waals surface area contributed by atoms with Crippen LogP contribution < -0.4 is 0 Å². The van der Waals surface area contributed by atoms with Gasteiger partial charge in [-0.25, -0.2) is 4.79 Å². The van der Waals surface area contributed by atoms with Crippen LogP contribution in [0.2, 0.25) is 0 Å². The summed E-state index contributed by atoms with van der Waals surface area (Å²) in [4.78, 5) is 49.4. The maximum absolute atomic E-state index is 12.2. The fraction of sp³-hybridized carbons (Fsp3) is 0.200. The van der Waals surface area contributed by atoms with Crippen LogP contribution in [0, 0.1) is 0 Å². The van der Waals surface area contributed by atoms with Crippen LogP contribution in [0.25, 0.3) is 11.1 Å². The van der Waals surface area contributed by atoms with Gasteiger partial charge in [-0.1, -0.05) is 54.6 Å². The Labute approximate surface area is 156 Å². The van der Waals surface area contributed by atoms with Gasteiger partial charge in [-0.05, 0) is 11.1 Å². The van der Waals surface area contributed by atoms with Gasteiger partial charge in [0.05, 0.1) is 0 Å². The van der Waals surface area contributed by atoms with Crippen LogP contribution in [0.5, 0.6) is 0 Å². The van der Waals surface area contributed by atoms with Gasteiger partial charge >= 0.3 is 12.0 Å². The number of urea groups is 1. The molecule has 0 N–H and O–H groups in total. The maximum Gasteiger partial charge on any atom is 0.327 e. The van der Waals surface area contributed by atoms with Gasteiger partial charge < -0.3 is 9.64 Å². The van der Waals surface area contributed by atoms with E-state index in [2.05, 4.69) is 0 Å². The summed E-state index contributed by atoms with van der Waals surface area (Å²) in [6, 6.07) is 16.2. The van der Waals surface area contributed by atoms with E-state index in [0.29, 0.717) is 5.56 Å². The third-order valence-electron chi connectivity index (χ3n) is 4.20. The van der Waals surface area contributed by atoms with E-state index >= 15 is 0 Å². The Morgan fingerprint density at radius 1 is 0.963 bits per heavy atom. The van der Waals surface area contributed by atoms with E-state index in [1.54, 1.807) is 12.1 Å². The molecule has 1 heterocycles. The summed E-state index contributed by atoms with van der Waals surface area (Å²) < 4.78 is 4.91. The minimum atomic E-state index is -0.804. The normalized spacial score (nSPS) is 13.8. The fourth-order valence-electron chi connectivity index (χ4n) is 2.71. The van der Waals surface area contributed by atoms with Crippen LogP contribution >= 0.6 is 0 Å². The summed E-state index contributed by atoms with van der Waals surface area (Å²) in [6.45, 7) is -1.02. The monoisotopic (exact) mass is 366 g/mol. The van der Waals surface area contributed by atoms with Crippen molar-refractivity contribution in [1.29, 1.82) is 0 Å². The Bertz CT molecular complexity index is 877. The number of amides is 3. The Balaban J connectivity index is 1.54. The summed E-state index contributed by atoms with van der Waals surface area (Å²) in [6.07, 6.45) is 0. The number of esters is 1. The Kier molecular flexibility index (Phi) is 5.30. The molecule has 2 aromatic carbocycles. The summed E-state index contributed by atoms with van der Waals surface area (Å²) in [7, 11) is 1.47. The highest BCUT2D eigenvalue weighted by molar-refractivity contribution is 6.04. The van der Waals surface area contributed by atoms with Crippen LogP contribution in [-0.2, 0) is 14.3 Å². The Morgan fingerprint density at radius 3 is 2.19 bits per heavy atom. The molecule has 0 aliphatic carbocycles. The van der Waals surface area contributed by atoms with Gasteiger partial charge in [0.15, 0.2) is 12.4 Å². The van der Waals surface area contributed by atoms with E-state index in [1.807, 2.05) is 42.5 Å². The molecule has 1 aliphatic heterocycles. The minimum absolute atomic E-state index is 0.0706. The van der Waals surface area contributed by atoms with E-state index in [0.717, 1.165) is 16.0 Å². The van der Waals surface area contributed by atoms with Gasteiger partial charge in [0.25, 0.3) is 5.91 Å². The van der Waals surface area contributed by atoms with E-state index in [1.165, 1.54) is 11.9 Å². The second kappa shape index (κ2) is 7.82. The van der Waals surface area contributed by atoms with Gasteiger partial charge in [-0.3, -0.25) is 19.3 Å². The lowest BCUT2D eigenvalue weighted by Gasteiger charge is -2.13. The lowest BCUT2D eigenvalue weighted by molar-refractivity contribution is -0.145. The molecule has 3 rings (SSSR count). The number of nitrogens with zero attached hydrogens (tertiary/aromatic N) is 2. The molecule has 27 heavy (non-hydrogen) atoms. The van der Waals surface area contributed by atoms with E-state index in [-0.39, 0.29) is 12.3 Å². The molecule has 0 saturated carbocycles. The zero-order valence-electron chi connectivity index (χ0n) is 14.8. The van der Waals surface area contributed by atoms with Crippen molar-refractivity contribution < 1.29 is 23.9 Å². The van der Waals surface area contributed by atoms with Crippen molar-refractivity contribution in [1.82, 2.24) is 9.80 Å². The number of carbonyl (C=O) groups excluding carboxylic acids is 4. The number of Topliss-reactive ketones (excluding diaryl/α,β-unsaturated/α-hetero) is 1. The molecular weight excluding hydrogens is 348 g/mol. The van der Waals surface area contributed by atoms with Gasteiger partial charge in [0, 0.05) is 12.6 Å². The molecule has 138 valence electrons. The van der Waals surface area contributed by atoms with Crippen molar-refractivity contribution in [3.63, 3.8) is 0 Å². The van der Waals surface area contributed by atoms with Crippen LogP contribution in [-0.4, -0.2) is 60.2 Å². The first-order valence-corrected chi connectivity index (χ1v) is 8.35. The molecule has 0 unspecified atom stereocenters. The Morgan fingerprint density at radius 2 is 1.59 bits per heavy atom. The molecule has 0 radical (unpaired) electrons. The van der Waals surface area contributed by atoms with E-state index in [4.69, 9.17) is 4.74 Å². The van der Waals surface area contributed by atoms with Gasteiger partial charge in [-0.2, -0.15) is 0 Å². The zero-order valence-corrected chi connectivity index (χ0v) is 14.8. The number of imide groups is 1. The molecule has 0 bridgehead atoms. The first-order valence-electron chi connectivity index (χ1n) is 8.35. The zero-order chi connectivity index (χ0) is 19.4. The van der Waals surface area contributed by atoms with Gasteiger partial charge in [0.2, 0.25) is 0 Å². The third-order valence-corrected chi connectivity index (χ3v) is 4.20. The first-order chi connectivity index (χ1) is 13.0. The van der Waals surface area contributed by atoms with Crippen LogP contribution in [0.4, 0.5) is 4.79 Å². The van der Waals surface area contributed by atoms with Crippen molar-refractivity contribution in [2.75, 3.05) is 26.7 Å². The predicted molar refractivity (Wildman–Crippen MR) is 96.9 cm³/mol. The molecule has 0 aromatic heterocycles. The maximum atomic E-state index is 12.2. The van der Waals surface area contributed by atoms with Crippen LogP contribution in [0.1, 0.15) is 10.4 Å². The number of hydrogen-bond donors (Lipinski definition) is 0. The van der Waals surface area contributed by atoms with Crippen molar-refractivity contribution in [3.05, 3.63) is 60.2 Å². The average Bonchev–Trinajstić information content (AvgIpc) is 2.93. The average molecular weight is 366 g/mol. The highest BCUT2D eigenvalue weighted by Crippen LogP contribution is 2.19. The summed E-state index contributed by atoms with van der Waals surface area (Å²) in [5.74, 6) is -1.64. The van der Waals surface area contributed by atoms with Crippen molar-refractivity contribution in [2.45, 2.75) is 0 Å². The van der Waals surface area contributed by atoms with Crippen LogP contribution in [0.15, 0.2) is 54.6 Å². The number of hydrogen-bond acceptors (Lipinski definition) is 5. The molecule has 3 amide bonds. The molecular formula is C20H18N2O5. The van der Waals surface area contributed by atoms with Crippen molar-refractivity contribution in [2.24, 2.45) is 0 Å². The largest absolute Gasteiger partial charge is 0.456 e. The van der Waals surface area contributed by atoms with Crippen molar-refractivity contribution >= 4 is 23.7 Å². The lowest BCUT2D eigenvalue weighted by atomic mass is 10.0. The fourth-order valence-corrected chi connectivity index (χ4v) is 2.71. The lowest BCUT2D eigenvalue weighted by Crippen LogP contribution is -2.37. The number of ketones is 1.